The van der Waals surface area contributed by atoms with Crippen LogP contribution in [0.5, 0.6) is 0 Å². The molecular weight excluding hydrogens is 320 g/mol. The van der Waals surface area contributed by atoms with E-state index in [1.54, 1.807) is 11.8 Å². The third-order valence-corrected chi connectivity index (χ3v) is 6.14. The lowest BCUT2D eigenvalue weighted by Gasteiger charge is -2.37. The number of amides is 1. The van der Waals surface area contributed by atoms with E-state index in [0.29, 0.717) is 17.7 Å². The summed E-state index contributed by atoms with van der Waals surface area (Å²) in [4.78, 5) is 18.1. The normalized spacial score (nSPS) is 22.6. The minimum Gasteiger partial charge on any atom is -0.381 e. The van der Waals surface area contributed by atoms with Crippen LogP contribution < -0.4 is 0 Å². The molecule has 1 aromatic rings. The highest BCUT2D eigenvalue weighted by atomic mass is 32.2. The van der Waals surface area contributed by atoms with Crippen molar-refractivity contribution in [2.24, 2.45) is 5.92 Å². The Bertz CT molecular complexity index is 511. The molecular formula is C19H28N2O2S. The Labute approximate surface area is 149 Å². The Kier molecular flexibility index (Phi) is 6.58. The van der Waals surface area contributed by atoms with E-state index in [9.17, 15) is 4.79 Å². The van der Waals surface area contributed by atoms with E-state index in [1.165, 1.54) is 6.42 Å². The highest BCUT2D eigenvalue weighted by Crippen LogP contribution is 2.22. The predicted molar refractivity (Wildman–Crippen MR) is 98.3 cm³/mol. The first kappa shape index (κ1) is 17.8. The molecule has 1 amide bonds. The fourth-order valence-corrected chi connectivity index (χ4v) is 4.39. The fourth-order valence-electron chi connectivity index (χ4n) is 3.55. The molecule has 0 aromatic heterocycles. The number of carbonyl (C=O) groups excluding carboxylic acids is 1. The summed E-state index contributed by atoms with van der Waals surface area (Å²) in [5.74, 6) is 1.48. The van der Waals surface area contributed by atoms with Gasteiger partial charge in [-0.2, -0.15) is 0 Å². The van der Waals surface area contributed by atoms with Crippen LogP contribution in [0, 0.1) is 5.92 Å². The van der Waals surface area contributed by atoms with Gasteiger partial charge in [0.05, 0.1) is 12.4 Å². The number of hydrogen-bond acceptors (Lipinski definition) is 4. The summed E-state index contributed by atoms with van der Waals surface area (Å²) in [6.07, 6.45) is 3.38. The average molecular weight is 349 g/mol. The average Bonchev–Trinajstić information content (AvgIpc) is 3.13. The van der Waals surface area contributed by atoms with Gasteiger partial charge in [0.2, 0.25) is 5.91 Å². The van der Waals surface area contributed by atoms with Gasteiger partial charge in [0.25, 0.3) is 0 Å². The first-order valence-electron chi connectivity index (χ1n) is 8.96. The van der Waals surface area contributed by atoms with Crippen LogP contribution in [0.15, 0.2) is 35.2 Å². The van der Waals surface area contributed by atoms with E-state index in [0.717, 1.165) is 50.6 Å². The lowest BCUT2D eigenvalue weighted by Crippen LogP contribution is -2.47. The van der Waals surface area contributed by atoms with E-state index >= 15 is 0 Å². The predicted octanol–water partition coefficient (Wildman–Crippen LogP) is 2.74. The Morgan fingerprint density at radius 3 is 2.67 bits per heavy atom. The van der Waals surface area contributed by atoms with Crippen LogP contribution >= 0.6 is 11.8 Å². The van der Waals surface area contributed by atoms with Crippen molar-refractivity contribution in [3.8, 4) is 0 Å². The van der Waals surface area contributed by atoms with Crippen LogP contribution in [0.3, 0.4) is 0 Å². The highest BCUT2D eigenvalue weighted by molar-refractivity contribution is 8.00. The molecule has 2 aliphatic rings. The third kappa shape index (κ3) is 4.98. The van der Waals surface area contributed by atoms with Gasteiger partial charge in [-0.1, -0.05) is 18.2 Å². The Morgan fingerprint density at radius 2 is 2.00 bits per heavy atom. The number of rotatable bonds is 6. The Balaban J connectivity index is 1.39. The van der Waals surface area contributed by atoms with Gasteiger partial charge in [-0.3, -0.25) is 4.79 Å². The van der Waals surface area contributed by atoms with E-state index in [4.69, 9.17) is 4.74 Å². The van der Waals surface area contributed by atoms with Crippen molar-refractivity contribution in [1.29, 1.82) is 0 Å². The molecule has 4 nitrogen and oxygen atoms in total. The van der Waals surface area contributed by atoms with Crippen molar-refractivity contribution in [1.82, 2.24) is 9.80 Å². The standard InChI is InChI=1S/C19H28N2O2S/c1-20(19(22)15-24-18-5-3-2-4-6-18)17-7-10-21(11-8-17)13-16-9-12-23-14-16/h2-6,16-17H,7-15H2,1H3. The number of carbonyl (C=O) groups is 1. The monoisotopic (exact) mass is 348 g/mol. The van der Waals surface area contributed by atoms with E-state index in [1.807, 2.05) is 30.1 Å². The number of ether oxygens (including phenoxy) is 1. The maximum absolute atomic E-state index is 12.5. The van der Waals surface area contributed by atoms with Gasteiger partial charge >= 0.3 is 0 Å². The fraction of sp³-hybridized carbons (Fsp3) is 0.632. The van der Waals surface area contributed by atoms with Gasteiger partial charge in [0.15, 0.2) is 0 Å². The summed E-state index contributed by atoms with van der Waals surface area (Å²) in [6.45, 7) is 5.22. The van der Waals surface area contributed by atoms with Crippen LogP contribution in [0.1, 0.15) is 19.3 Å². The molecule has 1 unspecified atom stereocenters. The van der Waals surface area contributed by atoms with Crippen LogP contribution in [0.25, 0.3) is 0 Å². The largest absolute Gasteiger partial charge is 0.381 e. The molecule has 1 aromatic carbocycles. The number of hydrogen-bond donors (Lipinski definition) is 0. The lowest BCUT2D eigenvalue weighted by molar-refractivity contribution is -0.130. The number of likely N-dealkylation sites (tertiary alicyclic amines) is 1. The summed E-state index contributed by atoms with van der Waals surface area (Å²) in [7, 11) is 1.97. The first-order valence-corrected chi connectivity index (χ1v) is 9.94. The van der Waals surface area contributed by atoms with Crippen molar-refractivity contribution in [2.45, 2.75) is 30.2 Å². The molecule has 24 heavy (non-hydrogen) atoms. The second-order valence-corrected chi connectivity index (χ2v) is 7.92. The molecule has 0 radical (unpaired) electrons. The van der Waals surface area contributed by atoms with Crippen LogP contribution in [-0.2, 0) is 9.53 Å². The molecule has 132 valence electrons. The van der Waals surface area contributed by atoms with Gasteiger partial charge < -0.3 is 14.5 Å². The summed E-state index contributed by atoms with van der Waals surface area (Å²) in [5, 5.41) is 0. The van der Waals surface area contributed by atoms with Crippen molar-refractivity contribution < 1.29 is 9.53 Å². The summed E-state index contributed by atoms with van der Waals surface area (Å²) < 4.78 is 5.47. The number of nitrogens with zero attached hydrogens (tertiary/aromatic N) is 2. The third-order valence-electron chi connectivity index (χ3n) is 5.14. The van der Waals surface area contributed by atoms with Gasteiger partial charge in [-0.15, -0.1) is 11.8 Å². The maximum Gasteiger partial charge on any atom is 0.232 e. The van der Waals surface area contributed by atoms with Crippen LogP contribution in [0.4, 0.5) is 0 Å². The Morgan fingerprint density at radius 1 is 1.25 bits per heavy atom. The molecule has 1 atom stereocenters. The molecule has 2 aliphatic heterocycles. The van der Waals surface area contributed by atoms with Crippen molar-refractivity contribution in [2.75, 3.05) is 45.6 Å². The number of thioether (sulfide) groups is 1. The molecule has 2 saturated heterocycles. The van der Waals surface area contributed by atoms with E-state index in [2.05, 4.69) is 17.0 Å². The molecule has 0 N–H and O–H groups in total. The molecule has 0 saturated carbocycles. The minimum absolute atomic E-state index is 0.242. The molecule has 0 bridgehead atoms. The SMILES string of the molecule is CN(C(=O)CSc1ccccc1)C1CCN(CC2CCOC2)CC1. The lowest BCUT2D eigenvalue weighted by atomic mass is 10.0. The molecule has 3 rings (SSSR count). The second kappa shape index (κ2) is 8.88. The van der Waals surface area contributed by atoms with Crippen LogP contribution in [0.2, 0.25) is 0 Å². The molecule has 2 fully saturated rings. The van der Waals surface area contributed by atoms with Gasteiger partial charge in [-0.05, 0) is 37.3 Å². The van der Waals surface area contributed by atoms with E-state index < -0.39 is 0 Å². The van der Waals surface area contributed by atoms with Gasteiger partial charge in [-0.25, -0.2) is 0 Å². The highest BCUT2D eigenvalue weighted by Gasteiger charge is 2.27. The van der Waals surface area contributed by atoms with Crippen molar-refractivity contribution in [3.63, 3.8) is 0 Å². The summed E-state index contributed by atoms with van der Waals surface area (Å²) in [5.41, 5.74) is 0. The van der Waals surface area contributed by atoms with Gasteiger partial charge in [0.1, 0.15) is 0 Å². The maximum atomic E-state index is 12.5. The summed E-state index contributed by atoms with van der Waals surface area (Å²) >= 11 is 1.63. The zero-order valence-corrected chi connectivity index (χ0v) is 15.3. The number of benzene rings is 1. The minimum atomic E-state index is 0.242. The van der Waals surface area contributed by atoms with Crippen molar-refractivity contribution >= 4 is 17.7 Å². The second-order valence-electron chi connectivity index (χ2n) is 6.87. The van der Waals surface area contributed by atoms with Crippen molar-refractivity contribution in [3.05, 3.63) is 30.3 Å². The zero-order valence-electron chi connectivity index (χ0n) is 14.5. The smallest absolute Gasteiger partial charge is 0.232 e. The van der Waals surface area contributed by atoms with Crippen LogP contribution in [-0.4, -0.2) is 67.4 Å². The Hall–Kier alpha value is -1.04. The first-order chi connectivity index (χ1) is 11.7. The topological polar surface area (TPSA) is 32.8 Å². The summed E-state index contributed by atoms with van der Waals surface area (Å²) in [6, 6.07) is 10.5. The molecule has 5 heteroatoms. The van der Waals surface area contributed by atoms with Gasteiger partial charge in [0, 0.05) is 44.2 Å². The molecule has 0 aliphatic carbocycles. The zero-order chi connectivity index (χ0) is 16.8. The molecule has 2 heterocycles. The number of piperidine rings is 1. The van der Waals surface area contributed by atoms with E-state index in [-0.39, 0.29) is 5.91 Å². The quantitative estimate of drug-likeness (QED) is 0.740. The molecule has 0 spiro atoms.